The molecule has 0 aliphatic heterocycles. The molecule has 0 radical (unpaired) electrons. The van der Waals surface area contributed by atoms with Crippen LogP contribution in [0.25, 0.3) is 0 Å². The number of carbonyl (C=O) groups excluding carboxylic acids is 5. The molecule has 0 saturated carbocycles. The van der Waals surface area contributed by atoms with E-state index in [1.807, 2.05) is 13.8 Å². The third-order valence-electron chi connectivity index (χ3n) is 5.03. The first-order valence-corrected chi connectivity index (χ1v) is 12.1. The summed E-state index contributed by atoms with van der Waals surface area (Å²) in [6.07, 6.45) is 0. The van der Waals surface area contributed by atoms with Gasteiger partial charge >= 0.3 is 5.97 Å². The van der Waals surface area contributed by atoms with Crippen molar-refractivity contribution < 1.29 is 33.5 Å². The Balaban J connectivity index is 2.82. The van der Waals surface area contributed by atoms with E-state index in [1.54, 1.807) is 39.8 Å². The minimum absolute atomic E-state index is 0.0697. The lowest BCUT2D eigenvalue weighted by Gasteiger charge is -2.22. The lowest BCUT2D eigenvalue weighted by atomic mass is 10.0. The lowest BCUT2D eigenvalue weighted by Crippen LogP contribution is -2.52. The maximum absolute atomic E-state index is 12.6. The molecule has 1 rings (SSSR count). The molecular weight excluding hydrogens is 482 g/mol. The fourth-order valence-electron chi connectivity index (χ4n) is 2.99. The molecule has 206 valence electrons. The zero-order valence-electron chi connectivity index (χ0n) is 22.5. The van der Waals surface area contributed by atoms with Crippen molar-refractivity contribution in [3.8, 4) is 0 Å². The summed E-state index contributed by atoms with van der Waals surface area (Å²) in [4.78, 5) is 66.1. The molecule has 0 fully saturated rings. The van der Waals surface area contributed by atoms with E-state index in [0.717, 1.165) is 0 Å². The maximum atomic E-state index is 12.6. The van der Waals surface area contributed by atoms with E-state index < -0.39 is 29.7 Å². The zero-order valence-corrected chi connectivity index (χ0v) is 22.5. The smallest absolute Gasteiger partial charge is 0.308 e. The predicted molar refractivity (Wildman–Crippen MR) is 137 cm³/mol. The van der Waals surface area contributed by atoms with Gasteiger partial charge in [0.1, 0.15) is 12.6 Å². The number of hydrogen-bond acceptors (Lipinski definition) is 8. The Labute approximate surface area is 217 Å². The monoisotopic (exact) mass is 521 g/mol. The van der Waals surface area contributed by atoms with Crippen LogP contribution in [-0.4, -0.2) is 61.9 Å². The Morgan fingerprint density at radius 2 is 1.59 bits per heavy atom. The highest BCUT2D eigenvalue weighted by molar-refractivity contribution is 5.99. The van der Waals surface area contributed by atoms with Crippen LogP contribution in [0.15, 0.2) is 18.2 Å². The molecular formula is C25H39N5O7. The van der Waals surface area contributed by atoms with Gasteiger partial charge in [0.05, 0.1) is 31.7 Å². The summed E-state index contributed by atoms with van der Waals surface area (Å²) in [6, 6.07) is 3.80. The minimum Gasteiger partial charge on any atom is -0.461 e. The average Bonchev–Trinajstić information content (AvgIpc) is 2.83. The van der Waals surface area contributed by atoms with Crippen molar-refractivity contribution in [2.45, 2.75) is 60.2 Å². The van der Waals surface area contributed by atoms with Crippen LogP contribution in [0.4, 0.5) is 5.69 Å². The molecule has 0 aliphatic carbocycles. The molecule has 1 aromatic rings. The normalized spacial score (nSPS) is 11.7. The molecule has 12 heteroatoms. The van der Waals surface area contributed by atoms with Crippen molar-refractivity contribution in [2.75, 3.05) is 25.5 Å². The first kappa shape index (κ1) is 31.5. The molecule has 4 amide bonds. The standard InChI is InChI=1S/C25H39N5O7/c1-14(2)22(29-21(32)11-26-16(5)6)24(34)27-12-20(31)28-18-9-8-17(13-37-25(35)15(3)4)19(10-18)23(33)30-36-7/h8-10,14-16,22,26H,11-13H2,1-7H3,(H,27,34)(H,28,31)(H,29,32)(H,30,33). The van der Waals surface area contributed by atoms with Gasteiger partial charge in [-0.2, -0.15) is 0 Å². The van der Waals surface area contributed by atoms with Crippen LogP contribution in [0.2, 0.25) is 0 Å². The van der Waals surface area contributed by atoms with Crippen LogP contribution >= 0.6 is 0 Å². The number of anilines is 1. The summed E-state index contributed by atoms with van der Waals surface area (Å²) in [7, 11) is 1.28. The van der Waals surface area contributed by atoms with Gasteiger partial charge < -0.3 is 26.0 Å². The van der Waals surface area contributed by atoms with Crippen molar-refractivity contribution in [1.29, 1.82) is 0 Å². The number of hydrogen-bond donors (Lipinski definition) is 5. The number of amides is 4. The first-order valence-electron chi connectivity index (χ1n) is 12.1. The van der Waals surface area contributed by atoms with Crippen LogP contribution in [0, 0.1) is 11.8 Å². The topological polar surface area (TPSA) is 164 Å². The van der Waals surface area contributed by atoms with Gasteiger partial charge in [-0.1, -0.05) is 47.6 Å². The van der Waals surface area contributed by atoms with Crippen LogP contribution in [0.1, 0.15) is 57.5 Å². The summed E-state index contributed by atoms with van der Waals surface area (Å²) in [6.45, 7) is 10.3. The van der Waals surface area contributed by atoms with Crippen molar-refractivity contribution in [3.63, 3.8) is 0 Å². The number of carbonyl (C=O) groups is 5. The van der Waals surface area contributed by atoms with Crippen molar-refractivity contribution in [3.05, 3.63) is 29.3 Å². The number of nitrogens with one attached hydrogen (secondary N) is 5. The van der Waals surface area contributed by atoms with E-state index in [9.17, 15) is 24.0 Å². The summed E-state index contributed by atoms with van der Waals surface area (Å²) in [5.41, 5.74) is 3.03. The maximum Gasteiger partial charge on any atom is 0.308 e. The molecule has 0 spiro atoms. The van der Waals surface area contributed by atoms with Gasteiger partial charge in [0, 0.05) is 17.3 Å². The number of ether oxygens (including phenoxy) is 1. The predicted octanol–water partition coefficient (Wildman–Crippen LogP) is 0.871. The molecule has 12 nitrogen and oxygen atoms in total. The molecule has 1 aromatic carbocycles. The van der Waals surface area contributed by atoms with E-state index in [-0.39, 0.29) is 54.7 Å². The van der Waals surface area contributed by atoms with Crippen LogP contribution in [0.5, 0.6) is 0 Å². The van der Waals surface area contributed by atoms with E-state index in [2.05, 4.69) is 31.6 Å². The Morgan fingerprint density at radius 1 is 0.919 bits per heavy atom. The quantitative estimate of drug-likeness (QED) is 0.178. The van der Waals surface area contributed by atoms with Gasteiger partial charge in [-0.25, -0.2) is 5.48 Å². The molecule has 0 saturated heterocycles. The van der Waals surface area contributed by atoms with Crippen LogP contribution in [-0.2, 0) is 35.4 Å². The molecule has 0 aliphatic rings. The largest absolute Gasteiger partial charge is 0.461 e. The zero-order chi connectivity index (χ0) is 28.1. The molecule has 0 aromatic heterocycles. The molecule has 0 bridgehead atoms. The van der Waals surface area contributed by atoms with E-state index in [4.69, 9.17) is 4.74 Å². The molecule has 0 heterocycles. The molecule has 1 atom stereocenters. The second kappa shape index (κ2) is 15.6. The van der Waals surface area contributed by atoms with Gasteiger partial charge in [-0.15, -0.1) is 0 Å². The summed E-state index contributed by atoms with van der Waals surface area (Å²) in [5, 5.41) is 10.8. The Hall–Kier alpha value is -3.51. The highest BCUT2D eigenvalue weighted by Crippen LogP contribution is 2.18. The van der Waals surface area contributed by atoms with Crippen molar-refractivity contribution in [2.24, 2.45) is 11.8 Å². The third-order valence-corrected chi connectivity index (χ3v) is 5.03. The Bertz CT molecular complexity index is 963. The van der Waals surface area contributed by atoms with Crippen molar-refractivity contribution >= 4 is 35.3 Å². The summed E-state index contributed by atoms with van der Waals surface area (Å²) < 4.78 is 5.21. The number of rotatable bonds is 14. The Morgan fingerprint density at radius 3 is 2.16 bits per heavy atom. The highest BCUT2D eigenvalue weighted by atomic mass is 16.6. The van der Waals surface area contributed by atoms with Gasteiger partial charge in [0.15, 0.2) is 0 Å². The van der Waals surface area contributed by atoms with Gasteiger partial charge in [0.25, 0.3) is 5.91 Å². The van der Waals surface area contributed by atoms with Crippen LogP contribution in [0.3, 0.4) is 0 Å². The van der Waals surface area contributed by atoms with Gasteiger partial charge in [-0.3, -0.25) is 28.8 Å². The number of hydroxylamine groups is 1. The highest BCUT2D eigenvalue weighted by Gasteiger charge is 2.24. The van der Waals surface area contributed by atoms with E-state index >= 15 is 0 Å². The second-order valence-electron chi connectivity index (χ2n) is 9.36. The number of benzene rings is 1. The first-order chi connectivity index (χ1) is 17.3. The fourth-order valence-corrected chi connectivity index (χ4v) is 2.99. The van der Waals surface area contributed by atoms with Crippen molar-refractivity contribution in [1.82, 2.24) is 21.4 Å². The van der Waals surface area contributed by atoms with Gasteiger partial charge in [0.2, 0.25) is 17.7 Å². The fraction of sp³-hybridized carbons (Fsp3) is 0.560. The van der Waals surface area contributed by atoms with E-state index in [0.29, 0.717) is 5.56 Å². The average molecular weight is 522 g/mol. The van der Waals surface area contributed by atoms with Crippen LogP contribution < -0.4 is 26.7 Å². The van der Waals surface area contributed by atoms with Gasteiger partial charge in [-0.05, 0) is 18.1 Å². The van der Waals surface area contributed by atoms with E-state index in [1.165, 1.54) is 13.2 Å². The lowest BCUT2D eigenvalue weighted by molar-refractivity contribution is -0.148. The third kappa shape index (κ3) is 11.4. The Kier molecular flexibility index (Phi) is 13.3. The number of esters is 1. The summed E-state index contributed by atoms with van der Waals surface area (Å²) in [5.74, 6) is -2.90. The SMILES string of the molecule is CONC(=O)c1cc(NC(=O)CNC(=O)C(NC(=O)CNC(C)C)C(C)C)ccc1COC(=O)C(C)C. The second-order valence-corrected chi connectivity index (χ2v) is 9.36. The molecule has 1 unspecified atom stereocenters. The summed E-state index contributed by atoms with van der Waals surface area (Å²) >= 11 is 0. The molecule has 5 N–H and O–H groups in total. The molecule has 37 heavy (non-hydrogen) atoms. The minimum atomic E-state index is -0.813.